The van der Waals surface area contributed by atoms with Crippen LogP contribution in [0.1, 0.15) is 41.9 Å². The molecule has 0 radical (unpaired) electrons. The number of thiophene rings is 2. The summed E-state index contributed by atoms with van der Waals surface area (Å²) < 4.78 is 44.3. The fraction of sp³-hybridized carbons (Fsp3) is 0.125. The van der Waals surface area contributed by atoms with Crippen molar-refractivity contribution < 1.29 is 52.8 Å². The predicted molar refractivity (Wildman–Crippen MR) is 167 cm³/mol. The number of carbonyl (C=O) groups is 4. The van der Waals surface area contributed by atoms with Crippen molar-refractivity contribution in [3.8, 4) is 11.5 Å². The molecule has 0 spiro atoms. The molecular formula is C32H23F3N2O8S2. The summed E-state index contributed by atoms with van der Waals surface area (Å²) in [6.45, 7) is 3.05. The molecule has 0 saturated heterocycles. The van der Waals surface area contributed by atoms with Gasteiger partial charge in [0.2, 0.25) is 0 Å². The summed E-state index contributed by atoms with van der Waals surface area (Å²) in [5, 5.41) is 38.3. The van der Waals surface area contributed by atoms with Crippen LogP contribution in [0.2, 0.25) is 0 Å². The number of benzene rings is 2. The predicted octanol–water partition coefficient (Wildman–Crippen LogP) is 6.48. The lowest BCUT2D eigenvalue weighted by Crippen LogP contribution is -2.12. The molecule has 4 heterocycles. The average molecular weight is 685 g/mol. The van der Waals surface area contributed by atoms with E-state index in [4.69, 9.17) is 10.2 Å². The Labute approximate surface area is 270 Å². The Morgan fingerprint density at radius 3 is 1.53 bits per heavy atom. The Morgan fingerprint density at radius 2 is 1.15 bits per heavy atom. The van der Waals surface area contributed by atoms with Gasteiger partial charge in [-0.3, -0.25) is 28.3 Å². The second-order valence-electron chi connectivity index (χ2n) is 10.2. The maximum Gasteiger partial charge on any atom is 0.307 e. The van der Waals surface area contributed by atoms with Gasteiger partial charge < -0.3 is 20.4 Å². The number of nitrogens with zero attached hydrogens (tertiary/aromatic N) is 2. The SMILES string of the molecule is Cc1c(CC(=O)O)c2c(F)c(O)ccc2n1C(=O)c1ccc(F)s1.Cc1c(CC(=O)O)c2c(F)c(O)ccc2n1C(=O)c1cccs1. The van der Waals surface area contributed by atoms with E-state index >= 15 is 0 Å². The van der Waals surface area contributed by atoms with E-state index in [0.717, 1.165) is 22.8 Å². The maximum atomic E-state index is 14.3. The molecule has 0 bridgehead atoms. The largest absolute Gasteiger partial charge is 0.505 e. The summed E-state index contributed by atoms with van der Waals surface area (Å²) in [4.78, 5) is 48.1. The standard InChI is InChI=1S/C16H11F2NO4S.C16H12FNO4S/c1-7-8(6-13(21)22)14-9(2-3-10(20)15(14)18)19(7)16(23)11-4-5-12(17)24-11;1-8-9(7-13(20)21)14-10(4-5-11(19)15(14)17)18(8)16(22)12-3-2-6-23-12/h2-5,20H,6H2,1H3,(H,21,22);2-6,19H,7H2,1H3,(H,20,21). The fourth-order valence-corrected chi connectivity index (χ4v) is 6.67. The van der Waals surface area contributed by atoms with Gasteiger partial charge in [-0.1, -0.05) is 6.07 Å². The summed E-state index contributed by atoms with van der Waals surface area (Å²) >= 11 is 1.89. The molecule has 47 heavy (non-hydrogen) atoms. The first-order valence-corrected chi connectivity index (χ1v) is 15.3. The second kappa shape index (κ2) is 12.8. The molecule has 15 heteroatoms. The zero-order chi connectivity index (χ0) is 34.3. The molecule has 10 nitrogen and oxygen atoms in total. The quantitative estimate of drug-likeness (QED) is 0.155. The monoisotopic (exact) mass is 684 g/mol. The number of hydrogen-bond acceptors (Lipinski definition) is 8. The normalized spacial score (nSPS) is 11.1. The topological polar surface area (TPSA) is 159 Å². The number of phenolic OH excluding ortho intramolecular Hbond substituents is 2. The van der Waals surface area contributed by atoms with Crippen molar-refractivity contribution in [3.05, 3.63) is 103 Å². The molecule has 0 aliphatic rings. The molecule has 0 fully saturated rings. The van der Waals surface area contributed by atoms with E-state index in [1.807, 2.05) is 0 Å². The Bertz CT molecular complexity index is 2230. The van der Waals surface area contributed by atoms with E-state index in [-0.39, 0.29) is 49.4 Å². The molecule has 0 unspecified atom stereocenters. The highest BCUT2D eigenvalue weighted by molar-refractivity contribution is 7.12. The van der Waals surface area contributed by atoms with Crippen LogP contribution in [-0.2, 0) is 22.4 Å². The Morgan fingerprint density at radius 1 is 0.681 bits per heavy atom. The summed E-state index contributed by atoms with van der Waals surface area (Å²) in [5.74, 6) is -6.41. The average Bonchev–Trinajstić information content (AvgIpc) is 3.80. The van der Waals surface area contributed by atoms with Gasteiger partial charge in [0, 0.05) is 22.2 Å². The van der Waals surface area contributed by atoms with Crippen molar-refractivity contribution in [2.24, 2.45) is 0 Å². The van der Waals surface area contributed by atoms with Gasteiger partial charge in [-0.25, -0.2) is 8.78 Å². The van der Waals surface area contributed by atoms with Crippen molar-refractivity contribution in [1.29, 1.82) is 0 Å². The van der Waals surface area contributed by atoms with Crippen LogP contribution in [-0.4, -0.2) is 53.3 Å². The number of halogens is 3. The van der Waals surface area contributed by atoms with Gasteiger partial charge in [-0.2, -0.15) is 4.39 Å². The number of aromatic hydroxyl groups is 2. The van der Waals surface area contributed by atoms with E-state index in [1.54, 1.807) is 24.4 Å². The highest BCUT2D eigenvalue weighted by atomic mass is 32.1. The molecular weight excluding hydrogens is 661 g/mol. The minimum atomic E-state index is -1.20. The maximum absolute atomic E-state index is 14.3. The minimum absolute atomic E-state index is 0.0326. The van der Waals surface area contributed by atoms with Gasteiger partial charge in [0.15, 0.2) is 28.3 Å². The number of carboxylic acids is 2. The lowest BCUT2D eigenvalue weighted by atomic mass is 10.1. The molecule has 6 rings (SSSR count). The number of hydrogen-bond donors (Lipinski definition) is 4. The molecule has 2 aromatic carbocycles. The Kier molecular flexibility index (Phi) is 8.96. The first kappa shape index (κ1) is 33.0. The van der Waals surface area contributed by atoms with E-state index < -0.39 is 59.0 Å². The third kappa shape index (κ3) is 5.97. The van der Waals surface area contributed by atoms with Gasteiger partial charge in [0.05, 0.1) is 33.6 Å². The van der Waals surface area contributed by atoms with Crippen LogP contribution in [0.5, 0.6) is 11.5 Å². The van der Waals surface area contributed by atoms with Crippen LogP contribution in [0.15, 0.2) is 53.9 Å². The third-order valence-electron chi connectivity index (χ3n) is 7.41. The van der Waals surface area contributed by atoms with Gasteiger partial charge in [0.1, 0.15) is 0 Å². The van der Waals surface area contributed by atoms with E-state index in [2.05, 4.69) is 0 Å². The molecule has 0 aliphatic carbocycles. The molecule has 242 valence electrons. The zero-order valence-electron chi connectivity index (χ0n) is 24.4. The van der Waals surface area contributed by atoms with E-state index in [9.17, 15) is 42.6 Å². The summed E-state index contributed by atoms with van der Waals surface area (Å²) in [7, 11) is 0. The number of rotatable bonds is 6. The fourth-order valence-electron chi connectivity index (χ4n) is 5.36. The molecule has 6 aromatic rings. The Hall–Kier alpha value is -5.41. The molecule has 4 N–H and O–H groups in total. The van der Waals surface area contributed by atoms with Crippen LogP contribution in [0.25, 0.3) is 21.8 Å². The van der Waals surface area contributed by atoms with E-state index in [0.29, 0.717) is 21.9 Å². The van der Waals surface area contributed by atoms with Crippen molar-refractivity contribution >= 4 is 68.2 Å². The van der Waals surface area contributed by atoms with Crippen LogP contribution >= 0.6 is 22.7 Å². The highest BCUT2D eigenvalue weighted by Crippen LogP contribution is 2.35. The lowest BCUT2D eigenvalue weighted by Gasteiger charge is -2.05. The van der Waals surface area contributed by atoms with Crippen molar-refractivity contribution in [1.82, 2.24) is 9.13 Å². The van der Waals surface area contributed by atoms with Gasteiger partial charge in [0.25, 0.3) is 11.8 Å². The molecule has 4 aromatic heterocycles. The molecule has 0 aliphatic heterocycles. The lowest BCUT2D eigenvalue weighted by molar-refractivity contribution is -0.137. The first-order valence-electron chi connectivity index (χ1n) is 13.6. The van der Waals surface area contributed by atoms with Crippen LogP contribution in [0.4, 0.5) is 13.2 Å². The van der Waals surface area contributed by atoms with Crippen LogP contribution in [0, 0.1) is 30.6 Å². The highest BCUT2D eigenvalue weighted by Gasteiger charge is 2.27. The molecule has 0 atom stereocenters. The zero-order valence-corrected chi connectivity index (χ0v) is 26.0. The molecule has 0 amide bonds. The minimum Gasteiger partial charge on any atom is -0.505 e. The summed E-state index contributed by atoms with van der Waals surface area (Å²) in [5.41, 5.74) is 1.23. The number of phenols is 2. The number of carbonyl (C=O) groups excluding carboxylic acids is 2. The Balaban J connectivity index is 0.000000185. The summed E-state index contributed by atoms with van der Waals surface area (Å²) in [6, 6.07) is 10.8. The number of fused-ring (bicyclic) bond motifs is 2. The van der Waals surface area contributed by atoms with Crippen molar-refractivity contribution in [2.75, 3.05) is 0 Å². The van der Waals surface area contributed by atoms with Crippen LogP contribution < -0.4 is 0 Å². The van der Waals surface area contributed by atoms with Crippen LogP contribution in [0.3, 0.4) is 0 Å². The van der Waals surface area contributed by atoms with E-state index in [1.165, 1.54) is 41.0 Å². The van der Waals surface area contributed by atoms with Gasteiger partial charge >= 0.3 is 11.9 Å². The van der Waals surface area contributed by atoms with Crippen molar-refractivity contribution in [2.45, 2.75) is 26.7 Å². The molecule has 0 saturated carbocycles. The number of carboxylic acid groups (broad SMARTS) is 2. The van der Waals surface area contributed by atoms with Crippen molar-refractivity contribution in [3.63, 3.8) is 0 Å². The second-order valence-corrected chi connectivity index (χ2v) is 12.2. The smallest absolute Gasteiger partial charge is 0.307 e. The third-order valence-corrected chi connectivity index (χ3v) is 9.13. The summed E-state index contributed by atoms with van der Waals surface area (Å²) in [6.07, 6.45) is -0.949. The van der Waals surface area contributed by atoms with Gasteiger partial charge in [-0.05, 0) is 72.8 Å². The first-order chi connectivity index (χ1) is 22.2. The number of aliphatic carboxylic acids is 2. The van der Waals surface area contributed by atoms with Gasteiger partial charge in [-0.15, -0.1) is 22.7 Å². The number of aromatic nitrogens is 2.